The quantitative estimate of drug-likeness (QED) is 0.610. The van der Waals surface area contributed by atoms with E-state index in [1.165, 1.54) is 44.2 Å². The van der Waals surface area contributed by atoms with Crippen LogP contribution in [0, 0.1) is 12.7 Å². The molecule has 1 aromatic carbocycles. The van der Waals surface area contributed by atoms with Gasteiger partial charge in [0.25, 0.3) is 0 Å². The summed E-state index contributed by atoms with van der Waals surface area (Å²) < 4.78 is 21.0. The minimum absolute atomic E-state index is 0.290. The highest BCUT2D eigenvalue weighted by Crippen LogP contribution is 2.33. The van der Waals surface area contributed by atoms with Crippen LogP contribution in [0.3, 0.4) is 0 Å². The molecule has 2 aromatic heterocycles. The number of thioether (sulfide) groups is 1. The number of benzene rings is 1. The van der Waals surface area contributed by atoms with Gasteiger partial charge in [-0.25, -0.2) is 4.39 Å². The maximum atomic E-state index is 13.0. The van der Waals surface area contributed by atoms with Crippen molar-refractivity contribution in [3.63, 3.8) is 0 Å². The lowest BCUT2D eigenvalue weighted by Gasteiger charge is -2.24. The van der Waals surface area contributed by atoms with Gasteiger partial charge in [0.15, 0.2) is 5.16 Å². The molecule has 1 fully saturated rings. The van der Waals surface area contributed by atoms with Crippen LogP contribution in [0.4, 0.5) is 4.39 Å². The molecule has 6 nitrogen and oxygen atoms in total. The predicted octanol–water partition coefficient (Wildman–Crippen LogP) is 4.57. The van der Waals surface area contributed by atoms with Crippen LogP contribution in [0.1, 0.15) is 49.9 Å². The molecule has 136 valence electrons. The average molecular weight is 373 g/mol. The molecule has 0 unspecified atom stereocenters. The Hall–Kier alpha value is -2.22. The van der Waals surface area contributed by atoms with Crippen molar-refractivity contribution in [3.8, 4) is 11.5 Å². The fourth-order valence-corrected chi connectivity index (χ4v) is 4.24. The van der Waals surface area contributed by atoms with Crippen LogP contribution in [0.5, 0.6) is 0 Å². The molecule has 1 saturated carbocycles. The van der Waals surface area contributed by atoms with Gasteiger partial charge < -0.3 is 8.98 Å². The van der Waals surface area contributed by atoms with Gasteiger partial charge in [-0.1, -0.05) is 31.0 Å². The summed E-state index contributed by atoms with van der Waals surface area (Å²) in [6.45, 7) is 2.00. The first-order valence-electron chi connectivity index (χ1n) is 8.83. The molecule has 0 bridgehead atoms. The van der Waals surface area contributed by atoms with Crippen molar-refractivity contribution in [1.29, 1.82) is 0 Å². The molecule has 0 aliphatic heterocycles. The van der Waals surface area contributed by atoms with Crippen LogP contribution in [0.15, 0.2) is 33.8 Å². The van der Waals surface area contributed by atoms with Gasteiger partial charge in [0.05, 0.1) is 5.75 Å². The summed E-state index contributed by atoms with van der Waals surface area (Å²) in [6, 6.07) is 6.50. The summed E-state index contributed by atoms with van der Waals surface area (Å²) >= 11 is 1.56. The first-order chi connectivity index (χ1) is 12.7. The zero-order valence-electron chi connectivity index (χ0n) is 14.6. The molecule has 0 spiro atoms. The smallest absolute Gasteiger partial charge is 0.247 e. The summed E-state index contributed by atoms with van der Waals surface area (Å²) in [5, 5.41) is 17.6. The van der Waals surface area contributed by atoms with E-state index in [2.05, 4.69) is 25.0 Å². The van der Waals surface area contributed by atoms with Crippen LogP contribution < -0.4 is 0 Å². The lowest BCUT2D eigenvalue weighted by molar-refractivity contribution is 0.332. The topological polar surface area (TPSA) is 69.6 Å². The largest absolute Gasteiger partial charge is 0.420 e. The normalized spacial score (nSPS) is 15.5. The Bertz CT molecular complexity index is 870. The first-order valence-corrected chi connectivity index (χ1v) is 9.82. The minimum Gasteiger partial charge on any atom is -0.420 e. The summed E-state index contributed by atoms with van der Waals surface area (Å²) in [4.78, 5) is 0. The van der Waals surface area contributed by atoms with Crippen LogP contribution in [-0.4, -0.2) is 25.0 Å². The Kier molecular flexibility index (Phi) is 5.01. The van der Waals surface area contributed by atoms with Gasteiger partial charge in [-0.05, 0) is 44.0 Å². The number of hydrogen-bond donors (Lipinski definition) is 0. The monoisotopic (exact) mass is 373 g/mol. The molecule has 1 aliphatic carbocycles. The zero-order valence-corrected chi connectivity index (χ0v) is 15.4. The molecular weight excluding hydrogens is 353 g/mol. The van der Waals surface area contributed by atoms with Crippen molar-refractivity contribution in [2.75, 3.05) is 0 Å². The molecule has 0 amide bonds. The van der Waals surface area contributed by atoms with Crippen molar-refractivity contribution in [2.24, 2.45) is 0 Å². The number of aryl methyl sites for hydroxylation is 1. The Balaban J connectivity index is 1.46. The summed E-state index contributed by atoms with van der Waals surface area (Å²) in [5.74, 6) is 2.10. The Morgan fingerprint density at radius 1 is 1.08 bits per heavy atom. The minimum atomic E-state index is -0.290. The van der Waals surface area contributed by atoms with Gasteiger partial charge >= 0.3 is 0 Å². The molecule has 0 atom stereocenters. The van der Waals surface area contributed by atoms with E-state index in [0.717, 1.165) is 11.0 Å². The average Bonchev–Trinajstić information content (AvgIpc) is 3.28. The number of nitrogens with zero attached hydrogens (tertiary/aromatic N) is 5. The van der Waals surface area contributed by atoms with Gasteiger partial charge in [0.1, 0.15) is 11.6 Å². The number of halogens is 1. The third-order valence-electron chi connectivity index (χ3n) is 4.66. The highest BCUT2D eigenvalue weighted by atomic mass is 32.2. The van der Waals surface area contributed by atoms with E-state index in [1.54, 1.807) is 23.9 Å². The molecule has 2 heterocycles. The Labute approximate surface area is 155 Å². The molecule has 1 aliphatic rings. The van der Waals surface area contributed by atoms with Crippen molar-refractivity contribution in [3.05, 3.63) is 41.8 Å². The molecule has 8 heteroatoms. The molecule has 26 heavy (non-hydrogen) atoms. The van der Waals surface area contributed by atoms with E-state index in [4.69, 9.17) is 4.42 Å². The second-order valence-electron chi connectivity index (χ2n) is 6.49. The molecule has 3 aromatic rings. The second-order valence-corrected chi connectivity index (χ2v) is 7.43. The molecular formula is C18H20FN5OS. The Morgan fingerprint density at radius 3 is 2.62 bits per heavy atom. The van der Waals surface area contributed by atoms with Gasteiger partial charge in [-0.2, -0.15) is 0 Å². The van der Waals surface area contributed by atoms with E-state index >= 15 is 0 Å². The van der Waals surface area contributed by atoms with Gasteiger partial charge in [-0.3, -0.25) is 0 Å². The molecule has 4 rings (SSSR count). The van der Waals surface area contributed by atoms with Crippen molar-refractivity contribution in [1.82, 2.24) is 25.0 Å². The Morgan fingerprint density at radius 2 is 1.85 bits per heavy atom. The molecule has 0 N–H and O–H groups in total. The van der Waals surface area contributed by atoms with E-state index < -0.39 is 0 Å². The van der Waals surface area contributed by atoms with E-state index in [1.807, 2.05) is 6.92 Å². The van der Waals surface area contributed by atoms with Crippen LogP contribution in [0.25, 0.3) is 11.5 Å². The van der Waals surface area contributed by atoms with Gasteiger partial charge in [0, 0.05) is 11.6 Å². The van der Waals surface area contributed by atoms with Crippen molar-refractivity contribution >= 4 is 11.8 Å². The summed E-state index contributed by atoms with van der Waals surface area (Å²) in [7, 11) is 0. The predicted molar refractivity (Wildman–Crippen MR) is 96.1 cm³/mol. The van der Waals surface area contributed by atoms with Crippen molar-refractivity contribution < 1.29 is 8.81 Å². The number of hydrogen-bond acceptors (Lipinski definition) is 6. The summed E-state index contributed by atoms with van der Waals surface area (Å²) in [5.41, 5.74) is 0.705. The lowest BCUT2D eigenvalue weighted by atomic mass is 9.95. The van der Waals surface area contributed by atoms with Crippen LogP contribution >= 0.6 is 11.8 Å². The van der Waals surface area contributed by atoms with Gasteiger partial charge in [0.2, 0.25) is 11.8 Å². The standard InChI is InChI=1S/C18H20FN5OS/c1-12-20-23-18(24(12)15-5-3-2-4-6-15)26-11-16-21-22-17(25-16)13-7-9-14(19)10-8-13/h7-10,15H,2-6,11H2,1H3. The van der Waals surface area contributed by atoms with E-state index in [0.29, 0.717) is 29.1 Å². The maximum absolute atomic E-state index is 13.0. The molecule has 0 saturated heterocycles. The highest BCUT2D eigenvalue weighted by molar-refractivity contribution is 7.98. The highest BCUT2D eigenvalue weighted by Gasteiger charge is 2.21. The number of rotatable bonds is 5. The van der Waals surface area contributed by atoms with Crippen LogP contribution in [-0.2, 0) is 5.75 Å². The van der Waals surface area contributed by atoms with E-state index in [9.17, 15) is 4.39 Å². The third kappa shape index (κ3) is 3.65. The van der Waals surface area contributed by atoms with Crippen LogP contribution in [0.2, 0.25) is 0 Å². The SMILES string of the molecule is Cc1nnc(SCc2nnc(-c3ccc(F)cc3)o2)n1C1CCCCC1. The van der Waals surface area contributed by atoms with Crippen molar-refractivity contribution in [2.45, 2.75) is 56.0 Å². The fourth-order valence-electron chi connectivity index (χ4n) is 3.36. The summed E-state index contributed by atoms with van der Waals surface area (Å²) in [6.07, 6.45) is 6.20. The zero-order chi connectivity index (χ0) is 17.9. The third-order valence-corrected chi connectivity index (χ3v) is 5.59. The van der Waals surface area contributed by atoms with Gasteiger partial charge in [-0.15, -0.1) is 20.4 Å². The van der Waals surface area contributed by atoms with E-state index in [-0.39, 0.29) is 5.82 Å². The maximum Gasteiger partial charge on any atom is 0.247 e. The molecule has 0 radical (unpaired) electrons. The first kappa shape index (κ1) is 17.2. The number of aromatic nitrogens is 5. The second kappa shape index (κ2) is 7.57. The lowest BCUT2D eigenvalue weighted by Crippen LogP contribution is -2.15. The fraction of sp³-hybridized carbons (Fsp3) is 0.444.